The lowest BCUT2D eigenvalue weighted by Gasteiger charge is -2.29. The molecule has 2 fully saturated rings. The van der Waals surface area contributed by atoms with E-state index in [1.54, 1.807) is 12.1 Å². The number of rotatable bonds is 8. The number of carbonyl (C=O) groups is 2. The van der Waals surface area contributed by atoms with E-state index in [1.165, 1.54) is 19.2 Å². The van der Waals surface area contributed by atoms with Gasteiger partial charge in [0.25, 0.3) is 0 Å². The summed E-state index contributed by atoms with van der Waals surface area (Å²) in [5.41, 5.74) is 0. The van der Waals surface area contributed by atoms with Gasteiger partial charge in [-0.25, -0.2) is 13.1 Å². The molecule has 0 radical (unpaired) electrons. The SMILES string of the molecule is COc1ccc(S(=O)(=O)NCC2CCC(C(=O)NCC(=O)N3CCCCC3)CC2)cc1. The first-order valence-corrected chi connectivity index (χ1v) is 12.6. The predicted molar refractivity (Wildman–Crippen MR) is 117 cm³/mol. The fourth-order valence-electron chi connectivity index (χ4n) is 4.26. The third kappa shape index (κ3) is 6.67. The maximum Gasteiger partial charge on any atom is 0.241 e. The Morgan fingerprint density at radius 3 is 2.29 bits per heavy atom. The molecule has 0 atom stereocenters. The van der Waals surface area contributed by atoms with Gasteiger partial charge in [-0.05, 0) is 75.1 Å². The highest BCUT2D eigenvalue weighted by atomic mass is 32.2. The van der Waals surface area contributed by atoms with Crippen LogP contribution in [0.3, 0.4) is 0 Å². The fourth-order valence-corrected chi connectivity index (χ4v) is 5.37. The molecule has 9 heteroatoms. The van der Waals surface area contributed by atoms with Crippen molar-refractivity contribution < 1.29 is 22.7 Å². The zero-order valence-corrected chi connectivity index (χ0v) is 19.0. The number of sulfonamides is 1. The van der Waals surface area contributed by atoms with Crippen LogP contribution < -0.4 is 14.8 Å². The normalized spacial score (nSPS) is 22.0. The van der Waals surface area contributed by atoms with E-state index in [4.69, 9.17) is 4.74 Å². The number of piperidine rings is 1. The summed E-state index contributed by atoms with van der Waals surface area (Å²) < 4.78 is 32.7. The Balaban J connectivity index is 1.38. The Morgan fingerprint density at radius 2 is 1.68 bits per heavy atom. The lowest BCUT2D eigenvalue weighted by atomic mass is 9.81. The molecule has 2 N–H and O–H groups in total. The first-order valence-electron chi connectivity index (χ1n) is 11.1. The zero-order valence-electron chi connectivity index (χ0n) is 18.1. The number of carbonyl (C=O) groups excluding carboxylic acids is 2. The number of methoxy groups -OCH3 is 1. The number of benzene rings is 1. The van der Waals surface area contributed by atoms with Gasteiger partial charge < -0.3 is 15.0 Å². The predicted octanol–water partition coefficient (Wildman–Crippen LogP) is 1.91. The first-order chi connectivity index (χ1) is 14.9. The highest BCUT2D eigenvalue weighted by Gasteiger charge is 2.28. The average molecular weight is 452 g/mol. The van der Waals surface area contributed by atoms with Crippen molar-refractivity contribution in [2.24, 2.45) is 11.8 Å². The minimum absolute atomic E-state index is 0.00493. The first kappa shape index (κ1) is 23.5. The summed E-state index contributed by atoms with van der Waals surface area (Å²) >= 11 is 0. The Hall–Kier alpha value is -2.13. The molecule has 1 heterocycles. The second-order valence-electron chi connectivity index (χ2n) is 8.40. The van der Waals surface area contributed by atoms with Gasteiger partial charge in [0.05, 0.1) is 18.6 Å². The van der Waals surface area contributed by atoms with Crippen LogP contribution in [-0.4, -0.2) is 58.4 Å². The van der Waals surface area contributed by atoms with Crippen LogP contribution in [0.4, 0.5) is 0 Å². The van der Waals surface area contributed by atoms with Crippen molar-refractivity contribution in [3.8, 4) is 5.75 Å². The lowest BCUT2D eigenvalue weighted by molar-refractivity contribution is -0.134. The maximum absolute atomic E-state index is 12.5. The Kier molecular flexibility index (Phi) is 8.31. The highest BCUT2D eigenvalue weighted by molar-refractivity contribution is 7.89. The Bertz CT molecular complexity index is 842. The lowest BCUT2D eigenvalue weighted by Crippen LogP contribution is -2.44. The monoisotopic (exact) mass is 451 g/mol. The van der Waals surface area contributed by atoms with Crippen molar-refractivity contribution in [3.05, 3.63) is 24.3 Å². The van der Waals surface area contributed by atoms with E-state index in [0.717, 1.165) is 45.2 Å². The van der Waals surface area contributed by atoms with Crippen molar-refractivity contribution in [2.75, 3.05) is 33.3 Å². The van der Waals surface area contributed by atoms with Crippen LogP contribution in [0, 0.1) is 11.8 Å². The fraction of sp³-hybridized carbons (Fsp3) is 0.636. The molecule has 0 bridgehead atoms. The molecule has 172 valence electrons. The van der Waals surface area contributed by atoms with Crippen molar-refractivity contribution in [3.63, 3.8) is 0 Å². The van der Waals surface area contributed by atoms with Crippen LogP contribution in [-0.2, 0) is 19.6 Å². The molecule has 3 rings (SSSR count). The molecule has 31 heavy (non-hydrogen) atoms. The van der Waals surface area contributed by atoms with E-state index in [-0.39, 0.29) is 35.1 Å². The largest absolute Gasteiger partial charge is 0.497 e. The molecule has 1 aliphatic carbocycles. The molecule has 1 aromatic carbocycles. The molecule has 0 aromatic heterocycles. The molecule has 0 unspecified atom stereocenters. The van der Waals surface area contributed by atoms with Gasteiger partial charge in [0, 0.05) is 25.6 Å². The van der Waals surface area contributed by atoms with Crippen molar-refractivity contribution in [2.45, 2.75) is 49.8 Å². The standard InChI is InChI=1S/C22H33N3O5S/c1-30-19-9-11-20(12-10-19)31(28,29)24-15-17-5-7-18(8-6-17)22(27)23-16-21(26)25-13-3-2-4-14-25/h9-12,17-18,24H,2-8,13-16H2,1H3,(H,23,27). The van der Waals surface area contributed by atoms with Crippen LogP contribution in [0.15, 0.2) is 29.2 Å². The summed E-state index contributed by atoms with van der Waals surface area (Å²) in [4.78, 5) is 26.7. The quantitative estimate of drug-likeness (QED) is 0.628. The molecule has 0 spiro atoms. The molecular formula is C22H33N3O5S. The van der Waals surface area contributed by atoms with Crippen LogP contribution in [0.5, 0.6) is 5.75 Å². The van der Waals surface area contributed by atoms with Gasteiger partial charge in [0.1, 0.15) is 5.75 Å². The van der Waals surface area contributed by atoms with Crippen molar-refractivity contribution >= 4 is 21.8 Å². The summed E-state index contributed by atoms with van der Waals surface area (Å²) in [6, 6.07) is 6.28. The molecule has 1 aromatic rings. The molecule has 1 saturated carbocycles. The molecule has 1 aliphatic heterocycles. The third-order valence-corrected chi connectivity index (χ3v) is 7.71. The number of hydrogen-bond acceptors (Lipinski definition) is 5. The van der Waals surface area contributed by atoms with E-state index in [2.05, 4.69) is 10.0 Å². The highest BCUT2D eigenvalue weighted by Crippen LogP contribution is 2.29. The molecule has 2 amide bonds. The van der Waals surface area contributed by atoms with E-state index in [0.29, 0.717) is 25.1 Å². The number of hydrogen-bond donors (Lipinski definition) is 2. The smallest absolute Gasteiger partial charge is 0.241 e. The van der Waals surface area contributed by atoms with Gasteiger partial charge in [-0.15, -0.1) is 0 Å². The van der Waals surface area contributed by atoms with Crippen molar-refractivity contribution in [1.82, 2.24) is 14.9 Å². The second kappa shape index (κ2) is 10.9. The zero-order chi connectivity index (χ0) is 22.3. The van der Waals surface area contributed by atoms with E-state index < -0.39 is 10.0 Å². The maximum atomic E-state index is 12.5. The van der Waals surface area contributed by atoms with E-state index >= 15 is 0 Å². The van der Waals surface area contributed by atoms with E-state index in [1.807, 2.05) is 4.90 Å². The van der Waals surface area contributed by atoms with Crippen molar-refractivity contribution in [1.29, 1.82) is 0 Å². The Morgan fingerprint density at radius 1 is 1.03 bits per heavy atom. The molecule has 1 saturated heterocycles. The Labute approximate surface area is 184 Å². The minimum Gasteiger partial charge on any atom is -0.497 e. The number of likely N-dealkylation sites (tertiary alicyclic amines) is 1. The number of nitrogens with zero attached hydrogens (tertiary/aromatic N) is 1. The summed E-state index contributed by atoms with van der Waals surface area (Å²) in [6.45, 7) is 2.00. The summed E-state index contributed by atoms with van der Waals surface area (Å²) in [7, 11) is -2.04. The number of ether oxygens (including phenoxy) is 1. The van der Waals surface area contributed by atoms with Gasteiger partial charge in [0.15, 0.2) is 0 Å². The summed E-state index contributed by atoms with van der Waals surface area (Å²) in [5.74, 6) is 0.626. The second-order valence-corrected chi connectivity index (χ2v) is 10.2. The van der Waals surface area contributed by atoms with Gasteiger partial charge in [-0.1, -0.05) is 0 Å². The number of amides is 2. The molecule has 8 nitrogen and oxygen atoms in total. The topological polar surface area (TPSA) is 105 Å². The van der Waals surface area contributed by atoms with Crippen LogP contribution in [0.1, 0.15) is 44.9 Å². The van der Waals surface area contributed by atoms with Gasteiger partial charge in [-0.3, -0.25) is 9.59 Å². The van der Waals surface area contributed by atoms with Gasteiger partial charge >= 0.3 is 0 Å². The van der Waals surface area contributed by atoms with Crippen LogP contribution >= 0.6 is 0 Å². The molecule has 2 aliphatic rings. The van der Waals surface area contributed by atoms with E-state index in [9.17, 15) is 18.0 Å². The average Bonchev–Trinajstić information content (AvgIpc) is 2.82. The minimum atomic E-state index is -3.57. The molecular weight excluding hydrogens is 418 g/mol. The van der Waals surface area contributed by atoms with Crippen LogP contribution in [0.25, 0.3) is 0 Å². The van der Waals surface area contributed by atoms with Gasteiger partial charge in [0.2, 0.25) is 21.8 Å². The third-order valence-electron chi connectivity index (χ3n) is 6.27. The summed E-state index contributed by atoms with van der Waals surface area (Å²) in [5, 5.41) is 2.80. The number of nitrogens with one attached hydrogen (secondary N) is 2. The summed E-state index contributed by atoms with van der Waals surface area (Å²) in [6.07, 6.45) is 6.21. The van der Waals surface area contributed by atoms with Gasteiger partial charge in [-0.2, -0.15) is 0 Å². The van der Waals surface area contributed by atoms with Crippen LogP contribution in [0.2, 0.25) is 0 Å².